The van der Waals surface area contributed by atoms with Crippen LogP contribution < -0.4 is 10.6 Å². The Morgan fingerprint density at radius 1 is 1.60 bits per heavy atom. The molecule has 6 heteroatoms. The second-order valence-corrected chi connectivity index (χ2v) is 6.80. The Hall–Kier alpha value is -0.620. The van der Waals surface area contributed by atoms with Crippen molar-refractivity contribution in [2.45, 2.75) is 19.9 Å². The number of likely N-dealkylation sites (N-methyl/N-ethyl adjacent to an activating group) is 1. The van der Waals surface area contributed by atoms with E-state index in [1.54, 1.807) is 11.3 Å². The lowest BCUT2D eigenvalue weighted by Crippen LogP contribution is -2.40. The Kier molecular flexibility index (Phi) is 6.95. The molecule has 0 radical (unpaired) electrons. The molecule has 1 aliphatic heterocycles. The number of carbonyl (C=O) groups is 1. The first-order valence-electron chi connectivity index (χ1n) is 6.76. The molecule has 1 unspecified atom stereocenters. The summed E-state index contributed by atoms with van der Waals surface area (Å²) >= 11 is 1.67. The zero-order chi connectivity index (χ0) is 13.7. The first-order valence-corrected chi connectivity index (χ1v) is 7.64. The average Bonchev–Trinajstić information content (AvgIpc) is 2.97. The van der Waals surface area contributed by atoms with Gasteiger partial charge in [-0.25, -0.2) is 0 Å². The van der Waals surface area contributed by atoms with E-state index in [9.17, 15) is 4.79 Å². The zero-order valence-corrected chi connectivity index (χ0v) is 13.8. The molecule has 2 heterocycles. The number of hydrogen-bond donors (Lipinski definition) is 2. The minimum Gasteiger partial charge on any atom is -0.350 e. The van der Waals surface area contributed by atoms with Crippen molar-refractivity contribution in [3.8, 4) is 0 Å². The van der Waals surface area contributed by atoms with Crippen LogP contribution in [0.5, 0.6) is 0 Å². The quantitative estimate of drug-likeness (QED) is 0.839. The van der Waals surface area contributed by atoms with Crippen LogP contribution in [0.2, 0.25) is 0 Å². The fourth-order valence-electron chi connectivity index (χ4n) is 2.61. The summed E-state index contributed by atoms with van der Waals surface area (Å²) in [6.45, 7) is 6.51. The molecule has 20 heavy (non-hydrogen) atoms. The number of hydrogen-bond acceptors (Lipinski definition) is 4. The Morgan fingerprint density at radius 3 is 3.00 bits per heavy atom. The van der Waals surface area contributed by atoms with E-state index in [4.69, 9.17) is 0 Å². The highest BCUT2D eigenvalue weighted by Gasteiger charge is 2.29. The van der Waals surface area contributed by atoms with Gasteiger partial charge in [-0.2, -0.15) is 0 Å². The van der Waals surface area contributed by atoms with Gasteiger partial charge in [-0.05, 0) is 36.9 Å². The Morgan fingerprint density at radius 2 is 2.40 bits per heavy atom. The van der Waals surface area contributed by atoms with Gasteiger partial charge in [-0.3, -0.25) is 9.69 Å². The van der Waals surface area contributed by atoms with Crippen LogP contribution in [0.25, 0.3) is 0 Å². The summed E-state index contributed by atoms with van der Waals surface area (Å²) in [6, 6.07) is 4.05. The Labute approximate surface area is 131 Å². The predicted octanol–water partition coefficient (Wildman–Crippen LogP) is 1.72. The summed E-state index contributed by atoms with van der Waals surface area (Å²) in [5.74, 6) is 0.102. The highest BCUT2D eigenvalue weighted by Crippen LogP contribution is 2.24. The van der Waals surface area contributed by atoms with Gasteiger partial charge in [-0.15, -0.1) is 23.7 Å². The number of thiophene rings is 1. The zero-order valence-electron chi connectivity index (χ0n) is 12.1. The monoisotopic (exact) mass is 317 g/mol. The molecule has 0 aliphatic carbocycles. The van der Waals surface area contributed by atoms with Crippen molar-refractivity contribution < 1.29 is 4.79 Å². The van der Waals surface area contributed by atoms with Gasteiger partial charge in [0, 0.05) is 18.0 Å². The van der Waals surface area contributed by atoms with Crippen molar-refractivity contribution in [1.29, 1.82) is 0 Å². The molecule has 2 N–H and O–H groups in total. The van der Waals surface area contributed by atoms with Crippen LogP contribution >= 0.6 is 23.7 Å². The van der Waals surface area contributed by atoms with E-state index in [1.165, 1.54) is 11.3 Å². The summed E-state index contributed by atoms with van der Waals surface area (Å²) in [5.41, 5.74) is 0.308. The minimum atomic E-state index is 0. The normalized spacial score (nSPS) is 21.8. The molecule has 1 saturated heterocycles. The van der Waals surface area contributed by atoms with Crippen molar-refractivity contribution in [2.24, 2.45) is 5.41 Å². The van der Waals surface area contributed by atoms with Gasteiger partial charge in [0.25, 0.3) is 0 Å². The fraction of sp³-hybridized carbons (Fsp3) is 0.643. The number of rotatable bonds is 6. The molecule has 1 atom stereocenters. The Balaban J connectivity index is 0.00000200. The third-order valence-electron chi connectivity index (χ3n) is 3.56. The highest BCUT2D eigenvalue weighted by molar-refractivity contribution is 7.09. The van der Waals surface area contributed by atoms with E-state index >= 15 is 0 Å². The summed E-state index contributed by atoms with van der Waals surface area (Å²) in [5, 5.41) is 8.39. The first kappa shape index (κ1) is 17.4. The van der Waals surface area contributed by atoms with Gasteiger partial charge < -0.3 is 10.6 Å². The molecule has 0 aromatic carbocycles. The van der Waals surface area contributed by atoms with Crippen LogP contribution in [0.4, 0.5) is 0 Å². The molecule has 114 valence electrons. The van der Waals surface area contributed by atoms with Crippen molar-refractivity contribution in [2.75, 3.05) is 33.2 Å². The maximum atomic E-state index is 11.9. The number of nitrogens with zero attached hydrogens (tertiary/aromatic N) is 1. The minimum absolute atomic E-state index is 0. The van der Waals surface area contributed by atoms with E-state index < -0.39 is 0 Å². The lowest BCUT2D eigenvalue weighted by Gasteiger charge is -2.28. The summed E-state index contributed by atoms with van der Waals surface area (Å²) in [4.78, 5) is 15.2. The van der Waals surface area contributed by atoms with Crippen molar-refractivity contribution >= 4 is 29.7 Å². The largest absolute Gasteiger partial charge is 0.350 e. The van der Waals surface area contributed by atoms with Crippen LogP contribution in [0, 0.1) is 5.41 Å². The van der Waals surface area contributed by atoms with E-state index in [1.807, 2.05) is 24.6 Å². The fourth-order valence-corrected chi connectivity index (χ4v) is 3.26. The second-order valence-electron chi connectivity index (χ2n) is 5.77. The molecule has 0 spiro atoms. The molecule has 2 rings (SSSR count). The van der Waals surface area contributed by atoms with Gasteiger partial charge in [0.15, 0.2) is 0 Å². The summed E-state index contributed by atoms with van der Waals surface area (Å²) in [6.07, 6.45) is 1.19. The molecule has 1 aromatic rings. The molecule has 1 aromatic heterocycles. The van der Waals surface area contributed by atoms with Crippen molar-refractivity contribution in [3.63, 3.8) is 0 Å². The van der Waals surface area contributed by atoms with E-state index in [-0.39, 0.29) is 18.3 Å². The van der Waals surface area contributed by atoms with Gasteiger partial charge >= 0.3 is 0 Å². The van der Waals surface area contributed by atoms with Crippen molar-refractivity contribution in [1.82, 2.24) is 15.5 Å². The van der Waals surface area contributed by atoms with E-state index in [0.717, 1.165) is 19.6 Å². The molecule has 0 saturated carbocycles. The molecule has 1 fully saturated rings. The lowest BCUT2D eigenvalue weighted by molar-refractivity contribution is -0.122. The second kappa shape index (κ2) is 7.98. The van der Waals surface area contributed by atoms with Gasteiger partial charge in [0.2, 0.25) is 5.91 Å². The third-order valence-corrected chi connectivity index (χ3v) is 4.44. The lowest BCUT2D eigenvalue weighted by atomic mass is 9.89. The first-order chi connectivity index (χ1) is 9.07. The number of carbonyl (C=O) groups excluding carboxylic acids is 1. The molecule has 1 aliphatic rings. The molecule has 0 bridgehead atoms. The van der Waals surface area contributed by atoms with Crippen LogP contribution in [0.3, 0.4) is 0 Å². The third kappa shape index (κ3) is 5.40. The Bertz CT molecular complexity index is 405. The van der Waals surface area contributed by atoms with Gasteiger partial charge in [-0.1, -0.05) is 13.0 Å². The summed E-state index contributed by atoms with van der Waals surface area (Å²) in [7, 11) is 2.02. The van der Waals surface area contributed by atoms with Crippen LogP contribution in [-0.4, -0.2) is 44.0 Å². The standard InChI is InChI=1S/C14H23N3OS.ClH/c1-14(5-6-15-10-14)11-17(2)9-13(18)16-8-12-4-3-7-19-12;/h3-4,7,15H,5-6,8-11H2,1-2H3,(H,16,18);1H. The van der Waals surface area contributed by atoms with Gasteiger partial charge in [0.1, 0.15) is 0 Å². The predicted molar refractivity (Wildman–Crippen MR) is 86.5 cm³/mol. The topological polar surface area (TPSA) is 44.4 Å². The number of halogens is 1. The SMILES string of the molecule is CN(CC(=O)NCc1cccs1)CC1(C)CCNC1.Cl. The van der Waals surface area contributed by atoms with E-state index in [2.05, 4.69) is 22.5 Å². The number of amides is 1. The highest BCUT2D eigenvalue weighted by atomic mass is 35.5. The van der Waals surface area contributed by atoms with E-state index in [0.29, 0.717) is 18.5 Å². The summed E-state index contributed by atoms with van der Waals surface area (Å²) < 4.78 is 0. The van der Waals surface area contributed by atoms with Crippen LogP contribution in [-0.2, 0) is 11.3 Å². The molecule has 4 nitrogen and oxygen atoms in total. The van der Waals surface area contributed by atoms with Gasteiger partial charge in [0.05, 0.1) is 13.1 Å². The number of nitrogens with one attached hydrogen (secondary N) is 2. The molecule has 1 amide bonds. The van der Waals surface area contributed by atoms with Crippen molar-refractivity contribution in [3.05, 3.63) is 22.4 Å². The maximum absolute atomic E-state index is 11.9. The maximum Gasteiger partial charge on any atom is 0.234 e. The van der Waals surface area contributed by atoms with Crippen LogP contribution in [0.1, 0.15) is 18.2 Å². The average molecular weight is 318 g/mol. The molecular formula is C14H24ClN3OS. The smallest absolute Gasteiger partial charge is 0.234 e. The van der Waals surface area contributed by atoms with Crippen LogP contribution in [0.15, 0.2) is 17.5 Å². The molecular weight excluding hydrogens is 294 g/mol.